The number of pyridine rings is 1. The van der Waals surface area contributed by atoms with Gasteiger partial charge in [0.25, 0.3) is 0 Å². The average molecular weight is 511 g/mol. The Labute approximate surface area is 212 Å². The normalized spacial score (nSPS) is 19.0. The lowest BCUT2D eigenvalue weighted by Crippen LogP contribution is -2.38. The molecule has 1 fully saturated rings. The number of aromatic nitrogens is 2. The van der Waals surface area contributed by atoms with Crippen LogP contribution in [-0.4, -0.2) is 58.6 Å². The van der Waals surface area contributed by atoms with E-state index >= 15 is 0 Å². The Morgan fingerprint density at radius 1 is 1.17 bits per heavy atom. The van der Waals surface area contributed by atoms with Crippen molar-refractivity contribution in [1.82, 2.24) is 19.2 Å². The fourth-order valence-electron chi connectivity index (χ4n) is 5.34. The summed E-state index contributed by atoms with van der Waals surface area (Å²) >= 11 is 0. The lowest BCUT2D eigenvalue weighted by Gasteiger charge is -2.34. The lowest BCUT2D eigenvalue weighted by atomic mass is 9.87. The van der Waals surface area contributed by atoms with Crippen LogP contribution in [0.2, 0.25) is 0 Å². The Morgan fingerprint density at radius 3 is 2.67 bits per heavy atom. The number of ether oxygens (including phenoxy) is 1. The zero-order valence-electron chi connectivity index (χ0n) is 21.6. The second kappa shape index (κ2) is 8.88. The maximum atomic E-state index is 13.1. The quantitative estimate of drug-likeness (QED) is 0.539. The second-order valence-corrected chi connectivity index (χ2v) is 13.0. The number of H-pyrrole nitrogens is 1. The number of amides is 1. The lowest BCUT2D eigenvalue weighted by molar-refractivity contribution is 0.0223. The minimum atomic E-state index is -3.33. The van der Waals surface area contributed by atoms with Crippen molar-refractivity contribution in [3.63, 3.8) is 0 Å². The van der Waals surface area contributed by atoms with Gasteiger partial charge in [0.15, 0.2) is 0 Å². The summed E-state index contributed by atoms with van der Waals surface area (Å²) in [6.45, 7) is 9.04. The predicted octanol–water partition coefficient (Wildman–Crippen LogP) is 4.93. The summed E-state index contributed by atoms with van der Waals surface area (Å²) in [5.74, 6) is 0. The number of likely N-dealkylation sites (tertiary alicyclic amines) is 1. The molecule has 4 heterocycles. The van der Waals surface area contributed by atoms with Gasteiger partial charge in [-0.15, -0.1) is 0 Å². The summed E-state index contributed by atoms with van der Waals surface area (Å²) in [5, 5.41) is 1.08. The molecule has 36 heavy (non-hydrogen) atoms. The number of hydrogen-bond donors (Lipinski definition) is 1. The van der Waals surface area contributed by atoms with Gasteiger partial charge < -0.3 is 14.6 Å². The van der Waals surface area contributed by atoms with E-state index in [9.17, 15) is 13.2 Å². The number of fused-ring (bicyclic) bond motifs is 2. The molecule has 3 aromatic rings. The minimum absolute atomic E-state index is 0.168. The van der Waals surface area contributed by atoms with E-state index in [0.717, 1.165) is 57.3 Å². The van der Waals surface area contributed by atoms with E-state index in [0.29, 0.717) is 26.1 Å². The summed E-state index contributed by atoms with van der Waals surface area (Å²) in [5.41, 5.74) is 6.56. The van der Waals surface area contributed by atoms with Crippen LogP contribution < -0.4 is 0 Å². The summed E-state index contributed by atoms with van der Waals surface area (Å²) in [6, 6.07) is 6.27. The number of hydrogen-bond acceptors (Lipinski definition) is 5. The number of rotatable bonds is 3. The molecule has 0 radical (unpaired) electrons. The van der Waals surface area contributed by atoms with Gasteiger partial charge in [-0.2, -0.15) is 4.31 Å². The van der Waals surface area contributed by atoms with Gasteiger partial charge in [-0.25, -0.2) is 18.2 Å². The highest BCUT2D eigenvalue weighted by Gasteiger charge is 2.36. The largest absolute Gasteiger partial charge is 0.444 e. The Bertz CT molecular complexity index is 1440. The monoisotopic (exact) mass is 510 g/mol. The Kier molecular flexibility index (Phi) is 6.11. The molecule has 0 bridgehead atoms. The first-order valence-corrected chi connectivity index (χ1v) is 14.3. The molecule has 1 aromatic carbocycles. The van der Waals surface area contributed by atoms with Crippen molar-refractivity contribution < 1.29 is 17.9 Å². The average Bonchev–Trinajstić information content (AvgIpc) is 3.43. The third-order valence-corrected chi connectivity index (χ3v) is 8.37. The summed E-state index contributed by atoms with van der Waals surface area (Å²) in [4.78, 5) is 22.8. The first-order chi connectivity index (χ1) is 16.9. The second-order valence-electron chi connectivity index (χ2n) is 11.0. The molecule has 192 valence electrons. The molecule has 2 aromatic heterocycles. The number of nitrogens with zero attached hydrogens (tertiary/aromatic N) is 3. The molecule has 9 heteroatoms. The van der Waals surface area contributed by atoms with Crippen LogP contribution in [0, 0.1) is 6.92 Å². The Morgan fingerprint density at radius 2 is 1.94 bits per heavy atom. The van der Waals surface area contributed by atoms with E-state index < -0.39 is 15.6 Å². The molecule has 1 atom stereocenters. The molecule has 2 aliphatic heterocycles. The van der Waals surface area contributed by atoms with Crippen molar-refractivity contribution in [1.29, 1.82) is 0 Å². The SMILES string of the molecule is Cc1c[nH]c2ncc(-c3cc4c(c([C@@H]5CCCN5C(=O)OC(C)(C)C)c3)CN(S(C)(=O)=O)CC4)cc12. The van der Waals surface area contributed by atoms with Gasteiger partial charge in [-0.05, 0) is 86.9 Å². The van der Waals surface area contributed by atoms with Crippen LogP contribution in [0.5, 0.6) is 0 Å². The Balaban J connectivity index is 1.62. The molecular formula is C27H34N4O4S. The van der Waals surface area contributed by atoms with E-state index in [1.54, 1.807) is 0 Å². The fourth-order valence-corrected chi connectivity index (χ4v) is 6.13. The van der Waals surface area contributed by atoms with Gasteiger partial charge in [-0.1, -0.05) is 6.07 Å². The molecule has 0 aliphatic carbocycles. The highest BCUT2D eigenvalue weighted by atomic mass is 32.2. The standard InChI is InChI=1S/C27H34N4O4S/c1-17-14-28-25-21(17)13-20(15-29-25)19-11-18-8-10-30(36(5,33)34)16-23(18)22(12-19)24-7-6-9-31(24)26(32)35-27(2,3)4/h11-15,24H,6-10,16H2,1-5H3,(H,28,29)/t24-/m0/s1. The van der Waals surface area contributed by atoms with Crippen LogP contribution in [0.4, 0.5) is 4.79 Å². The third kappa shape index (κ3) is 4.74. The number of aromatic amines is 1. The number of nitrogens with one attached hydrogen (secondary N) is 1. The predicted molar refractivity (Wildman–Crippen MR) is 140 cm³/mol. The van der Waals surface area contributed by atoms with Crippen molar-refractivity contribution in [2.75, 3.05) is 19.3 Å². The zero-order valence-corrected chi connectivity index (χ0v) is 22.4. The van der Waals surface area contributed by atoms with Crippen LogP contribution in [0.25, 0.3) is 22.2 Å². The minimum Gasteiger partial charge on any atom is -0.444 e. The van der Waals surface area contributed by atoms with Gasteiger partial charge in [0.1, 0.15) is 11.2 Å². The van der Waals surface area contributed by atoms with E-state index in [1.165, 1.54) is 10.6 Å². The maximum absolute atomic E-state index is 13.1. The zero-order chi connectivity index (χ0) is 25.8. The molecule has 0 spiro atoms. The highest BCUT2D eigenvalue weighted by Crippen LogP contribution is 2.40. The maximum Gasteiger partial charge on any atom is 0.410 e. The topological polar surface area (TPSA) is 95.6 Å². The van der Waals surface area contributed by atoms with E-state index in [-0.39, 0.29) is 12.1 Å². The molecule has 1 saturated heterocycles. The number of benzene rings is 1. The van der Waals surface area contributed by atoms with Crippen molar-refractivity contribution in [3.05, 3.63) is 52.8 Å². The first-order valence-electron chi connectivity index (χ1n) is 12.5. The van der Waals surface area contributed by atoms with Gasteiger partial charge in [0.05, 0.1) is 12.3 Å². The van der Waals surface area contributed by atoms with E-state index in [2.05, 4.69) is 35.1 Å². The number of carbonyl (C=O) groups is 1. The fraction of sp³-hybridized carbons (Fsp3) is 0.481. The van der Waals surface area contributed by atoms with E-state index in [1.807, 2.05) is 38.1 Å². The van der Waals surface area contributed by atoms with Crippen LogP contribution in [0.3, 0.4) is 0 Å². The van der Waals surface area contributed by atoms with Gasteiger partial charge in [0, 0.05) is 43.0 Å². The summed E-state index contributed by atoms with van der Waals surface area (Å²) in [6.07, 6.45) is 7.06. The molecule has 0 unspecified atom stereocenters. The van der Waals surface area contributed by atoms with Crippen molar-refractivity contribution in [2.24, 2.45) is 0 Å². The molecule has 8 nitrogen and oxygen atoms in total. The smallest absolute Gasteiger partial charge is 0.410 e. The van der Waals surface area contributed by atoms with Crippen molar-refractivity contribution in [2.45, 2.75) is 65.1 Å². The molecule has 1 amide bonds. The van der Waals surface area contributed by atoms with Crippen LogP contribution in [0.15, 0.2) is 30.6 Å². The van der Waals surface area contributed by atoms with Crippen LogP contribution in [-0.2, 0) is 27.7 Å². The first kappa shape index (κ1) is 24.8. The third-order valence-electron chi connectivity index (χ3n) is 7.12. The molecule has 1 N–H and O–H groups in total. The Hall–Kier alpha value is -2.91. The van der Waals surface area contributed by atoms with Crippen molar-refractivity contribution >= 4 is 27.1 Å². The van der Waals surface area contributed by atoms with Crippen LogP contribution >= 0.6 is 0 Å². The number of carbonyl (C=O) groups excluding carboxylic acids is 1. The van der Waals surface area contributed by atoms with Gasteiger partial charge in [0.2, 0.25) is 10.0 Å². The molecule has 0 saturated carbocycles. The number of aryl methyl sites for hydroxylation is 1. The highest BCUT2D eigenvalue weighted by molar-refractivity contribution is 7.88. The number of sulfonamides is 1. The molecule has 2 aliphatic rings. The molecular weight excluding hydrogens is 476 g/mol. The summed E-state index contributed by atoms with van der Waals surface area (Å²) < 4.78 is 32.1. The summed E-state index contributed by atoms with van der Waals surface area (Å²) in [7, 11) is -3.33. The van der Waals surface area contributed by atoms with Crippen molar-refractivity contribution in [3.8, 4) is 11.1 Å². The van der Waals surface area contributed by atoms with Crippen LogP contribution in [0.1, 0.15) is 61.9 Å². The molecule has 5 rings (SSSR count). The van der Waals surface area contributed by atoms with Gasteiger partial charge in [-0.3, -0.25) is 0 Å². The van der Waals surface area contributed by atoms with Gasteiger partial charge >= 0.3 is 6.09 Å². The van der Waals surface area contributed by atoms with E-state index in [4.69, 9.17) is 4.74 Å².